The molecule has 204 valence electrons. The third-order valence-electron chi connectivity index (χ3n) is 5.11. The Kier molecular flexibility index (Phi) is 10.0. The number of alkyl halides is 2. The summed E-state index contributed by atoms with van der Waals surface area (Å²) in [4.78, 5) is 24.5. The molecule has 38 heavy (non-hydrogen) atoms. The van der Waals surface area contributed by atoms with Gasteiger partial charge in [-0.3, -0.25) is 10.1 Å². The van der Waals surface area contributed by atoms with Gasteiger partial charge in [-0.2, -0.15) is 0 Å². The first-order valence-corrected chi connectivity index (χ1v) is 11.6. The van der Waals surface area contributed by atoms with Crippen molar-refractivity contribution in [2.45, 2.75) is 24.9 Å². The van der Waals surface area contributed by atoms with Gasteiger partial charge in [-0.05, 0) is 23.8 Å². The lowest BCUT2D eigenvalue weighted by Gasteiger charge is -2.23. The van der Waals surface area contributed by atoms with Crippen LogP contribution >= 0.6 is 11.6 Å². The first kappa shape index (κ1) is 28.9. The van der Waals surface area contributed by atoms with Crippen LogP contribution in [0.5, 0.6) is 0 Å². The molecule has 0 aliphatic heterocycles. The molecule has 0 radical (unpaired) electrons. The fourth-order valence-corrected chi connectivity index (χ4v) is 3.49. The maximum Gasteiger partial charge on any atom is 0.414 e. The molecular weight excluding hydrogens is 534 g/mol. The fraction of sp³-hybridized carbons (Fsp3) is 0.292. The van der Waals surface area contributed by atoms with Crippen molar-refractivity contribution in [3.63, 3.8) is 0 Å². The zero-order chi connectivity index (χ0) is 27.7. The molecule has 1 heterocycles. The molecule has 1 aromatic heterocycles. The molecule has 5 N–H and O–H groups in total. The topological polar surface area (TPSA) is 132 Å². The van der Waals surface area contributed by atoms with E-state index in [1.807, 2.05) is 0 Å². The summed E-state index contributed by atoms with van der Waals surface area (Å²) >= 11 is 5.86. The molecule has 2 amide bonds. The van der Waals surface area contributed by atoms with Crippen LogP contribution in [0.25, 0.3) is 11.3 Å². The quantitative estimate of drug-likeness (QED) is 0.247. The first-order valence-electron chi connectivity index (χ1n) is 11.2. The molecule has 0 saturated carbocycles. The van der Waals surface area contributed by atoms with Crippen molar-refractivity contribution in [2.24, 2.45) is 5.73 Å². The summed E-state index contributed by atoms with van der Waals surface area (Å²) in [5.41, 5.74) is 6.13. The summed E-state index contributed by atoms with van der Waals surface area (Å²) in [5.74, 6) is -5.28. The summed E-state index contributed by atoms with van der Waals surface area (Å²) < 4.78 is 64.7. The highest BCUT2D eigenvalue weighted by Gasteiger charge is 2.32. The summed E-state index contributed by atoms with van der Waals surface area (Å²) in [7, 11) is 0. The molecule has 0 unspecified atom stereocenters. The number of hydrogen-bond acceptors (Lipinski definition) is 7. The van der Waals surface area contributed by atoms with E-state index in [2.05, 4.69) is 21.1 Å². The number of nitrogens with two attached hydrogens (primary N) is 1. The largest absolute Gasteiger partial charge is 0.447 e. The summed E-state index contributed by atoms with van der Waals surface area (Å²) in [5, 5.41) is 10.9. The van der Waals surface area contributed by atoms with Crippen LogP contribution < -0.4 is 21.7 Å². The molecule has 0 saturated heterocycles. The van der Waals surface area contributed by atoms with Gasteiger partial charge in [-0.15, -0.1) is 0 Å². The smallest absolute Gasteiger partial charge is 0.414 e. The molecule has 2 aromatic carbocycles. The number of hydrogen-bond donors (Lipinski definition) is 4. The van der Waals surface area contributed by atoms with Crippen LogP contribution in [-0.4, -0.2) is 48.8 Å². The highest BCUT2D eigenvalue weighted by molar-refractivity contribution is 6.31. The Morgan fingerprint density at radius 1 is 1.16 bits per heavy atom. The number of carbonyl (C=O) groups is 2. The Morgan fingerprint density at radius 2 is 1.92 bits per heavy atom. The lowest BCUT2D eigenvalue weighted by molar-refractivity contribution is -0.122. The third-order valence-corrected chi connectivity index (χ3v) is 5.54. The average molecular weight is 558 g/mol. The van der Waals surface area contributed by atoms with Crippen molar-refractivity contribution in [1.29, 1.82) is 0 Å². The van der Waals surface area contributed by atoms with Crippen LogP contribution in [0, 0.1) is 11.6 Å². The SMILES string of the molecule is NCC(F)(F)C[C@@H](COC(=O)Nc1cc(-c2cccc(F)c2)no1)NC(=O)CNCc1cccc(F)c1Cl. The standard InChI is InChI=1S/C24H24ClF4N5O4/c25-22-15(4-2-6-18(22)27)10-31-11-20(35)32-17(9-24(28,29)13-30)12-37-23(36)33-21-8-19(34-38-21)14-3-1-5-16(26)7-14/h1-8,17,31H,9-13,30H2,(H,32,35)(H,33,36)/t17-/m0/s1. The van der Waals surface area contributed by atoms with Crippen LogP contribution in [-0.2, 0) is 16.1 Å². The number of nitrogens with zero attached hydrogens (tertiary/aromatic N) is 1. The number of carbonyl (C=O) groups excluding carboxylic acids is 2. The van der Waals surface area contributed by atoms with Gasteiger partial charge >= 0.3 is 6.09 Å². The monoisotopic (exact) mass is 557 g/mol. The summed E-state index contributed by atoms with van der Waals surface area (Å²) in [6.07, 6.45) is -1.97. The van der Waals surface area contributed by atoms with E-state index >= 15 is 0 Å². The van der Waals surface area contributed by atoms with E-state index in [4.69, 9.17) is 26.6 Å². The first-order chi connectivity index (χ1) is 18.1. The van der Waals surface area contributed by atoms with E-state index in [-0.39, 0.29) is 29.7 Å². The predicted molar refractivity (Wildman–Crippen MR) is 131 cm³/mol. The Morgan fingerprint density at radius 3 is 2.66 bits per heavy atom. The van der Waals surface area contributed by atoms with Crippen LogP contribution in [0.1, 0.15) is 12.0 Å². The van der Waals surface area contributed by atoms with Crippen LogP contribution in [0.15, 0.2) is 53.1 Å². The van der Waals surface area contributed by atoms with Gasteiger partial charge < -0.3 is 25.6 Å². The summed E-state index contributed by atoms with van der Waals surface area (Å²) in [6.45, 7) is -1.87. The van der Waals surface area contributed by atoms with Crippen molar-refractivity contribution in [1.82, 2.24) is 15.8 Å². The van der Waals surface area contributed by atoms with E-state index in [0.717, 1.165) is 0 Å². The van der Waals surface area contributed by atoms with Gasteiger partial charge in [0.15, 0.2) is 0 Å². The zero-order valence-corrected chi connectivity index (χ0v) is 20.5. The van der Waals surface area contributed by atoms with Crippen molar-refractivity contribution in [3.8, 4) is 11.3 Å². The Bertz CT molecular complexity index is 1260. The zero-order valence-electron chi connectivity index (χ0n) is 19.8. The van der Waals surface area contributed by atoms with Crippen LogP contribution in [0.4, 0.5) is 28.2 Å². The average Bonchev–Trinajstić information content (AvgIpc) is 3.33. The van der Waals surface area contributed by atoms with Gasteiger partial charge in [0.1, 0.15) is 23.9 Å². The minimum atomic E-state index is -3.34. The van der Waals surface area contributed by atoms with E-state index < -0.39 is 55.2 Å². The van der Waals surface area contributed by atoms with Crippen LogP contribution in [0.2, 0.25) is 5.02 Å². The molecule has 0 aliphatic carbocycles. The van der Waals surface area contributed by atoms with Crippen molar-refractivity contribution >= 4 is 29.5 Å². The maximum absolute atomic E-state index is 13.9. The molecule has 3 aromatic rings. The molecule has 0 spiro atoms. The predicted octanol–water partition coefficient (Wildman–Crippen LogP) is 4.08. The van der Waals surface area contributed by atoms with Gasteiger partial charge in [-0.1, -0.05) is 41.0 Å². The van der Waals surface area contributed by atoms with E-state index in [9.17, 15) is 27.2 Å². The molecule has 0 fully saturated rings. The number of aromatic nitrogens is 1. The third kappa shape index (κ3) is 8.71. The minimum Gasteiger partial charge on any atom is -0.447 e. The van der Waals surface area contributed by atoms with Gasteiger partial charge in [0, 0.05) is 24.6 Å². The van der Waals surface area contributed by atoms with Gasteiger partial charge in [-0.25, -0.2) is 22.4 Å². The number of benzene rings is 2. The molecule has 3 rings (SSSR count). The van der Waals surface area contributed by atoms with Crippen LogP contribution in [0.3, 0.4) is 0 Å². The second kappa shape index (κ2) is 13.2. The number of amides is 2. The second-order valence-electron chi connectivity index (χ2n) is 8.16. The van der Waals surface area contributed by atoms with Crippen molar-refractivity contribution in [2.75, 3.05) is 25.0 Å². The van der Waals surface area contributed by atoms with E-state index in [1.165, 1.54) is 36.4 Å². The van der Waals surface area contributed by atoms with Crippen molar-refractivity contribution < 1.29 is 36.4 Å². The highest BCUT2D eigenvalue weighted by Crippen LogP contribution is 2.23. The Balaban J connectivity index is 1.52. The second-order valence-corrected chi connectivity index (χ2v) is 8.53. The normalized spacial score (nSPS) is 12.2. The Hall–Kier alpha value is -3.68. The number of rotatable bonds is 12. The summed E-state index contributed by atoms with van der Waals surface area (Å²) in [6, 6.07) is 9.73. The Labute approximate surface area is 219 Å². The molecule has 0 aliphatic rings. The molecule has 0 bridgehead atoms. The number of nitrogens with one attached hydrogen (secondary N) is 3. The minimum absolute atomic E-state index is 0.0430. The van der Waals surface area contributed by atoms with Gasteiger partial charge in [0.2, 0.25) is 11.8 Å². The highest BCUT2D eigenvalue weighted by atomic mass is 35.5. The van der Waals surface area contributed by atoms with E-state index in [1.54, 1.807) is 12.1 Å². The number of anilines is 1. The molecular formula is C24H24ClF4N5O4. The molecule has 9 nitrogen and oxygen atoms in total. The lowest BCUT2D eigenvalue weighted by atomic mass is 10.1. The maximum atomic E-state index is 13.9. The lowest BCUT2D eigenvalue weighted by Crippen LogP contribution is -2.47. The number of halogens is 5. The number of ether oxygens (including phenoxy) is 1. The van der Waals surface area contributed by atoms with E-state index in [0.29, 0.717) is 11.1 Å². The molecule has 14 heteroatoms. The van der Waals surface area contributed by atoms with Crippen molar-refractivity contribution in [3.05, 3.63) is 70.8 Å². The van der Waals surface area contributed by atoms with Gasteiger partial charge in [0.05, 0.1) is 24.2 Å². The van der Waals surface area contributed by atoms with Gasteiger partial charge in [0.25, 0.3) is 5.92 Å². The fourth-order valence-electron chi connectivity index (χ4n) is 3.30. The molecule has 1 atom stereocenters.